The Morgan fingerprint density at radius 3 is 2.54 bits per heavy atom. The smallest absolute Gasteiger partial charge is 0.338 e. The number of aromatic nitrogens is 1. The highest BCUT2D eigenvalue weighted by molar-refractivity contribution is 7.07. The normalized spacial score (nSPS) is 15.4. The molecule has 0 saturated carbocycles. The molecule has 188 valence electrons. The molecule has 0 fully saturated rings. The van der Waals surface area contributed by atoms with Crippen molar-refractivity contribution in [2.45, 2.75) is 19.9 Å². The van der Waals surface area contributed by atoms with Gasteiger partial charge in [-0.3, -0.25) is 9.36 Å². The number of nitrogens with zero attached hydrogens (tertiary/aromatic N) is 2. The molecule has 1 atom stereocenters. The van der Waals surface area contributed by atoms with Crippen LogP contribution in [0.4, 0.5) is 0 Å². The number of carbonyl (C=O) groups excluding carboxylic acids is 1. The molecule has 0 spiro atoms. The Balaban J connectivity index is 1.62. The summed E-state index contributed by atoms with van der Waals surface area (Å²) in [6.07, 6.45) is 1.69. The molecular weight excluding hydrogens is 512 g/mol. The summed E-state index contributed by atoms with van der Waals surface area (Å²) in [6, 6.07) is 17.5. The van der Waals surface area contributed by atoms with Crippen LogP contribution in [0.1, 0.15) is 31.2 Å². The van der Waals surface area contributed by atoms with Crippen LogP contribution in [0.25, 0.3) is 17.4 Å². The lowest BCUT2D eigenvalue weighted by atomic mass is 9.96. The maximum absolute atomic E-state index is 13.7. The van der Waals surface area contributed by atoms with Crippen LogP contribution in [0.3, 0.4) is 0 Å². The molecule has 1 aliphatic heterocycles. The van der Waals surface area contributed by atoms with E-state index >= 15 is 0 Å². The molecule has 4 aromatic rings. The van der Waals surface area contributed by atoms with Gasteiger partial charge in [-0.15, -0.1) is 0 Å². The number of rotatable bonds is 6. The Hall–Kier alpha value is -3.88. The Bertz CT molecular complexity index is 1680. The molecule has 0 radical (unpaired) electrons. The number of thiazole rings is 1. The lowest BCUT2D eigenvalue weighted by Gasteiger charge is -2.24. The summed E-state index contributed by atoms with van der Waals surface area (Å²) in [6.45, 7) is 3.71. The highest BCUT2D eigenvalue weighted by Gasteiger charge is 2.33. The van der Waals surface area contributed by atoms with E-state index in [2.05, 4.69) is 4.99 Å². The number of esters is 1. The molecule has 0 saturated heterocycles. The fourth-order valence-corrected chi connectivity index (χ4v) is 5.37. The maximum atomic E-state index is 13.7. The minimum Gasteiger partial charge on any atom is -0.497 e. The van der Waals surface area contributed by atoms with E-state index in [1.807, 2.05) is 30.3 Å². The number of benzene rings is 2. The molecule has 3 heterocycles. The van der Waals surface area contributed by atoms with Crippen LogP contribution in [0, 0.1) is 0 Å². The van der Waals surface area contributed by atoms with Crippen molar-refractivity contribution in [3.05, 3.63) is 108 Å². The van der Waals surface area contributed by atoms with E-state index in [1.54, 1.807) is 61.9 Å². The minimum atomic E-state index is -0.690. The number of hydrogen-bond donors (Lipinski definition) is 0. The molecular formula is C28H23ClN2O5S. The van der Waals surface area contributed by atoms with Crippen LogP contribution < -0.4 is 19.6 Å². The van der Waals surface area contributed by atoms with Crippen LogP contribution in [0.15, 0.2) is 86.1 Å². The standard InChI is InChI=1S/C28H23ClN2O5S/c1-4-35-27(33)24-16(2)30-28-31(25(24)18-7-11-20(34-3)12-8-18)26(32)23(37-28)15-21-13-14-22(36-21)17-5-9-19(29)10-6-17/h5-15,25H,4H2,1-3H3/b23-15+. The quantitative estimate of drug-likeness (QED) is 0.334. The molecule has 1 unspecified atom stereocenters. The van der Waals surface area contributed by atoms with E-state index in [0.717, 1.165) is 11.1 Å². The Morgan fingerprint density at radius 1 is 1.14 bits per heavy atom. The summed E-state index contributed by atoms with van der Waals surface area (Å²) in [5.41, 5.74) is 2.18. The second-order valence-corrected chi connectivity index (χ2v) is 9.73. The number of ether oxygens (including phenoxy) is 2. The van der Waals surface area contributed by atoms with Crippen LogP contribution in [-0.2, 0) is 9.53 Å². The van der Waals surface area contributed by atoms with Gasteiger partial charge in [0, 0.05) is 16.7 Å². The van der Waals surface area contributed by atoms with Gasteiger partial charge >= 0.3 is 5.97 Å². The average Bonchev–Trinajstić information content (AvgIpc) is 3.48. The monoisotopic (exact) mass is 534 g/mol. The average molecular weight is 535 g/mol. The molecule has 1 aliphatic rings. The first kappa shape index (κ1) is 24.8. The first-order valence-corrected chi connectivity index (χ1v) is 12.8. The SMILES string of the molecule is CCOC(=O)C1=C(C)N=c2s/c(=C/c3ccc(-c4ccc(Cl)cc4)o3)c(=O)n2C1c1ccc(OC)cc1. The van der Waals surface area contributed by atoms with Crippen LogP contribution >= 0.6 is 22.9 Å². The molecule has 5 rings (SSSR count). The zero-order valence-electron chi connectivity index (χ0n) is 20.4. The first-order chi connectivity index (χ1) is 17.9. The van der Waals surface area contributed by atoms with Crippen LogP contribution in [0.5, 0.6) is 5.75 Å². The predicted molar refractivity (Wildman–Crippen MR) is 143 cm³/mol. The molecule has 2 aromatic heterocycles. The van der Waals surface area contributed by atoms with Gasteiger partial charge in [0.05, 0.1) is 35.6 Å². The van der Waals surface area contributed by atoms with Gasteiger partial charge in [0.1, 0.15) is 17.3 Å². The Labute approximate surface area is 221 Å². The second kappa shape index (κ2) is 10.2. The number of hydrogen-bond acceptors (Lipinski definition) is 7. The highest BCUT2D eigenvalue weighted by atomic mass is 35.5. The fraction of sp³-hybridized carbons (Fsp3) is 0.179. The summed E-state index contributed by atoms with van der Waals surface area (Å²) in [7, 11) is 1.58. The number of allylic oxidation sites excluding steroid dienone is 1. The van der Waals surface area contributed by atoms with Crippen molar-refractivity contribution in [3.8, 4) is 17.1 Å². The number of fused-ring (bicyclic) bond motifs is 1. The highest BCUT2D eigenvalue weighted by Crippen LogP contribution is 2.31. The predicted octanol–water partition coefficient (Wildman–Crippen LogP) is 4.72. The van der Waals surface area contributed by atoms with Gasteiger partial charge in [0.25, 0.3) is 5.56 Å². The van der Waals surface area contributed by atoms with E-state index < -0.39 is 12.0 Å². The van der Waals surface area contributed by atoms with Crippen molar-refractivity contribution in [1.82, 2.24) is 4.57 Å². The molecule has 2 aromatic carbocycles. The van der Waals surface area contributed by atoms with Gasteiger partial charge in [-0.2, -0.15) is 0 Å². The fourth-order valence-electron chi connectivity index (χ4n) is 4.22. The van der Waals surface area contributed by atoms with E-state index in [9.17, 15) is 9.59 Å². The Kier molecular flexibility index (Phi) is 6.86. The summed E-state index contributed by atoms with van der Waals surface area (Å²) in [5, 5.41) is 0.639. The van der Waals surface area contributed by atoms with Gasteiger partial charge in [0.15, 0.2) is 4.80 Å². The third kappa shape index (κ3) is 4.77. The lowest BCUT2D eigenvalue weighted by Crippen LogP contribution is -2.39. The van der Waals surface area contributed by atoms with Gasteiger partial charge in [-0.25, -0.2) is 9.79 Å². The van der Waals surface area contributed by atoms with Crippen molar-refractivity contribution in [3.63, 3.8) is 0 Å². The van der Waals surface area contributed by atoms with E-state index in [1.165, 1.54) is 11.3 Å². The number of halogens is 1. The Morgan fingerprint density at radius 2 is 1.86 bits per heavy atom. The van der Waals surface area contributed by atoms with E-state index in [0.29, 0.717) is 42.9 Å². The van der Waals surface area contributed by atoms with Gasteiger partial charge in [-0.1, -0.05) is 35.1 Å². The van der Waals surface area contributed by atoms with Crippen LogP contribution in [0.2, 0.25) is 5.02 Å². The minimum absolute atomic E-state index is 0.212. The molecule has 0 N–H and O–H groups in total. The van der Waals surface area contributed by atoms with Crippen molar-refractivity contribution in [2.75, 3.05) is 13.7 Å². The first-order valence-electron chi connectivity index (χ1n) is 11.6. The topological polar surface area (TPSA) is 83.0 Å². The van der Waals surface area contributed by atoms with Crippen molar-refractivity contribution in [1.29, 1.82) is 0 Å². The van der Waals surface area contributed by atoms with Crippen molar-refractivity contribution >= 4 is 35.0 Å². The van der Waals surface area contributed by atoms with E-state index in [-0.39, 0.29) is 12.2 Å². The van der Waals surface area contributed by atoms with Gasteiger partial charge < -0.3 is 13.9 Å². The third-order valence-corrected chi connectivity index (χ3v) is 7.21. The number of carbonyl (C=O) groups is 1. The summed E-state index contributed by atoms with van der Waals surface area (Å²) in [5.74, 6) is 1.35. The van der Waals surface area contributed by atoms with Gasteiger partial charge in [-0.05, 0) is 67.9 Å². The summed E-state index contributed by atoms with van der Waals surface area (Å²) >= 11 is 7.23. The lowest BCUT2D eigenvalue weighted by molar-refractivity contribution is -0.139. The van der Waals surface area contributed by atoms with E-state index in [4.69, 9.17) is 25.5 Å². The number of methoxy groups -OCH3 is 1. The third-order valence-electron chi connectivity index (χ3n) is 5.98. The molecule has 9 heteroatoms. The molecule has 37 heavy (non-hydrogen) atoms. The maximum Gasteiger partial charge on any atom is 0.338 e. The summed E-state index contributed by atoms with van der Waals surface area (Å²) < 4.78 is 18.6. The zero-order chi connectivity index (χ0) is 26.1. The number of furan rings is 1. The molecule has 0 bridgehead atoms. The molecule has 0 amide bonds. The zero-order valence-corrected chi connectivity index (χ0v) is 21.9. The molecule has 0 aliphatic carbocycles. The second-order valence-electron chi connectivity index (χ2n) is 8.28. The molecule has 7 nitrogen and oxygen atoms in total. The summed E-state index contributed by atoms with van der Waals surface area (Å²) in [4.78, 5) is 31.8. The largest absolute Gasteiger partial charge is 0.497 e. The van der Waals surface area contributed by atoms with Crippen molar-refractivity contribution in [2.24, 2.45) is 4.99 Å². The van der Waals surface area contributed by atoms with Crippen molar-refractivity contribution < 1.29 is 18.7 Å². The van der Waals surface area contributed by atoms with Gasteiger partial charge in [0.2, 0.25) is 0 Å². The van der Waals surface area contributed by atoms with Crippen LogP contribution in [-0.4, -0.2) is 24.3 Å².